The lowest BCUT2D eigenvalue weighted by molar-refractivity contribution is 0.469. The minimum absolute atomic E-state index is 0.0483. The van der Waals surface area contributed by atoms with Gasteiger partial charge in [0.15, 0.2) is 0 Å². The molecule has 0 bridgehead atoms. The molecule has 1 aromatic rings. The van der Waals surface area contributed by atoms with Crippen LogP contribution in [0.4, 0.5) is 0 Å². The summed E-state index contributed by atoms with van der Waals surface area (Å²) in [4.78, 5) is 0. The molecule has 0 fully saturated rings. The molecule has 66 valence electrons. The van der Waals surface area contributed by atoms with Crippen LogP contribution in [0.15, 0.2) is 16.6 Å². The van der Waals surface area contributed by atoms with E-state index in [1.54, 1.807) is 6.07 Å². The van der Waals surface area contributed by atoms with E-state index in [2.05, 4.69) is 15.9 Å². The molecule has 0 spiro atoms. The molecule has 0 aliphatic carbocycles. The molecule has 0 saturated carbocycles. The second-order valence-electron chi connectivity index (χ2n) is 2.94. The average Bonchev–Trinajstić information content (AvgIpc) is 1.99. The van der Waals surface area contributed by atoms with Crippen molar-refractivity contribution in [3.63, 3.8) is 0 Å². The summed E-state index contributed by atoms with van der Waals surface area (Å²) in [5.41, 5.74) is 7.45. The van der Waals surface area contributed by atoms with Crippen molar-refractivity contribution in [3.8, 4) is 5.75 Å². The van der Waals surface area contributed by atoms with Crippen LogP contribution < -0.4 is 5.73 Å². The molecule has 0 aliphatic heterocycles. The highest BCUT2D eigenvalue weighted by Crippen LogP contribution is 2.28. The van der Waals surface area contributed by atoms with E-state index in [1.165, 1.54) is 0 Å². The van der Waals surface area contributed by atoms with Crippen molar-refractivity contribution >= 4 is 15.9 Å². The van der Waals surface area contributed by atoms with Gasteiger partial charge in [-0.2, -0.15) is 0 Å². The quantitative estimate of drug-likeness (QED) is 0.778. The topological polar surface area (TPSA) is 46.2 Å². The maximum Gasteiger partial charge on any atom is 0.119 e. The van der Waals surface area contributed by atoms with Gasteiger partial charge in [0, 0.05) is 16.1 Å². The predicted molar refractivity (Wildman–Crippen MR) is 53.1 cm³/mol. The molecule has 0 heterocycles. The van der Waals surface area contributed by atoms with Crippen LogP contribution >= 0.6 is 15.9 Å². The third-order valence-corrected chi connectivity index (χ3v) is 2.69. The minimum atomic E-state index is -0.0483. The molecule has 1 aromatic carbocycles. The Balaban J connectivity index is 3.21. The van der Waals surface area contributed by atoms with E-state index in [0.717, 1.165) is 15.6 Å². The molecule has 12 heavy (non-hydrogen) atoms. The van der Waals surface area contributed by atoms with Gasteiger partial charge in [0.05, 0.1) is 0 Å². The maximum atomic E-state index is 9.44. The molecule has 1 atom stereocenters. The van der Waals surface area contributed by atoms with Crippen molar-refractivity contribution in [1.29, 1.82) is 0 Å². The van der Waals surface area contributed by atoms with Crippen molar-refractivity contribution < 1.29 is 5.11 Å². The molecular weight excluding hydrogens is 218 g/mol. The first-order valence-electron chi connectivity index (χ1n) is 3.77. The van der Waals surface area contributed by atoms with Crippen molar-refractivity contribution in [1.82, 2.24) is 0 Å². The lowest BCUT2D eigenvalue weighted by Crippen LogP contribution is -2.04. The summed E-state index contributed by atoms with van der Waals surface area (Å²) < 4.78 is 0.898. The fourth-order valence-corrected chi connectivity index (χ4v) is 1.42. The lowest BCUT2D eigenvalue weighted by atomic mass is 10.1. The molecule has 3 N–H and O–H groups in total. The van der Waals surface area contributed by atoms with Gasteiger partial charge in [-0.15, -0.1) is 0 Å². The Bertz CT molecular complexity index is 274. The van der Waals surface area contributed by atoms with Gasteiger partial charge in [-0.1, -0.05) is 15.9 Å². The molecule has 1 rings (SSSR count). The van der Waals surface area contributed by atoms with E-state index in [9.17, 15) is 5.11 Å². The minimum Gasteiger partial charge on any atom is -0.508 e. The standard InChI is InChI=1S/C9H12BrNO/c1-5-8(10)3-7(6(2)11)4-9(5)12/h3-4,6,12H,11H2,1-2H3. The Morgan fingerprint density at radius 1 is 1.50 bits per heavy atom. The molecular formula is C9H12BrNO. The molecule has 0 aromatic heterocycles. The molecule has 0 aliphatic rings. The average molecular weight is 230 g/mol. The number of aromatic hydroxyl groups is 1. The first-order chi connectivity index (χ1) is 5.52. The van der Waals surface area contributed by atoms with E-state index in [0.29, 0.717) is 0 Å². The maximum absolute atomic E-state index is 9.44. The van der Waals surface area contributed by atoms with E-state index in [1.807, 2.05) is 19.9 Å². The van der Waals surface area contributed by atoms with Crippen LogP contribution in [-0.4, -0.2) is 5.11 Å². The van der Waals surface area contributed by atoms with E-state index >= 15 is 0 Å². The number of phenolic OH excluding ortho intramolecular Hbond substituents is 1. The Morgan fingerprint density at radius 3 is 2.50 bits per heavy atom. The van der Waals surface area contributed by atoms with Gasteiger partial charge in [-0.3, -0.25) is 0 Å². The molecule has 0 radical (unpaired) electrons. The van der Waals surface area contributed by atoms with E-state index in [4.69, 9.17) is 5.73 Å². The Kier molecular flexibility index (Phi) is 2.75. The van der Waals surface area contributed by atoms with Crippen molar-refractivity contribution in [3.05, 3.63) is 27.7 Å². The SMILES string of the molecule is Cc1c(O)cc(C(C)N)cc1Br. The van der Waals surface area contributed by atoms with E-state index in [-0.39, 0.29) is 11.8 Å². The van der Waals surface area contributed by atoms with Gasteiger partial charge < -0.3 is 10.8 Å². The number of benzene rings is 1. The van der Waals surface area contributed by atoms with Crippen LogP contribution in [0.2, 0.25) is 0 Å². The highest BCUT2D eigenvalue weighted by Gasteiger charge is 2.06. The summed E-state index contributed by atoms with van der Waals surface area (Å²) in [6, 6.07) is 3.58. The summed E-state index contributed by atoms with van der Waals surface area (Å²) in [6.07, 6.45) is 0. The first kappa shape index (κ1) is 9.55. The zero-order chi connectivity index (χ0) is 9.30. The lowest BCUT2D eigenvalue weighted by Gasteiger charge is -2.09. The first-order valence-corrected chi connectivity index (χ1v) is 4.56. The van der Waals surface area contributed by atoms with Crippen molar-refractivity contribution in [2.75, 3.05) is 0 Å². The van der Waals surface area contributed by atoms with Crippen LogP contribution in [0.25, 0.3) is 0 Å². The molecule has 0 saturated heterocycles. The summed E-state index contributed by atoms with van der Waals surface area (Å²) in [6.45, 7) is 3.74. The fraction of sp³-hybridized carbons (Fsp3) is 0.333. The summed E-state index contributed by atoms with van der Waals surface area (Å²) >= 11 is 3.35. The second-order valence-corrected chi connectivity index (χ2v) is 3.79. The predicted octanol–water partition coefficient (Wildman–Crippen LogP) is 2.48. The van der Waals surface area contributed by atoms with Crippen LogP contribution in [0.1, 0.15) is 24.1 Å². The van der Waals surface area contributed by atoms with Crippen LogP contribution in [-0.2, 0) is 0 Å². The molecule has 3 heteroatoms. The number of nitrogens with two attached hydrogens (primary N) is 1. The Morgan fingerprint density at radius 2 is 2.08 bits per heavy atom. The van der Waals surface area contributed by atoms with Gasteiger partial charge in [-0.05, 0) is 31.5 Å². The van der Waals surface area contributed by atoms with Gasteiger partial charge in [0.1, 0.15) is 5.75 Å². The number of hydrogen-bond acceptors (Lipinski definition) is 2. The summed E-state index contributed by atoms with van der Waals surface area (Å²) in [7, 11) is 0. The third-order valence-electron chi connectivity index (χ3n) is 1.87. The number of hydrogen-bond donors (Lipinski definition) is 2. The summed E-state index contributed by atoms with van der Waals surface area (Å²) in [5, 5.41) is 9.44. The van der Waals surface area contributed by atoms with Crippen LogP contribution in [0.3, 0.4) is 0 Å². The van der Waals surface area contributed by atoms with Crippen LogP contribution in [0, 0.1) is 6.92 Å². The van der Waals surface area contributed by atoms with Gasteiger partial charge in [0.2, 0.25) is 0 Å². The highest BCUT2D eigenvalue weighted by atomic mass is 79.9. The van der Waals surface area contributed by atoms with Gasteiger partial charge >= 0.3 is 0 Å². The molecule has 1 unspecified atom stereocenters. The Labute approximate surface area is 80.5 Å². The third kappa shape index (κ3) is 1.79. The zero-order valence-electron chi connectivity index (χ0n) is 7.13. The fourth-order valence-electron chi connectivity index (χ4n) is 0.948. The highest BCUT2D eigenvalue weighted by molar-refractivity contribution is 9.10. The van der Waals surface area contributed by atoms with Gasteiger partial charge in [-0.25, -0.2) is 0 Å². The number of rotatable bonds is 1. The van der Waals surface area contributed by atoms with Crippen molar-refractivity contribution in [2.45, 2.75) is 19.9 Å². The number of phenols is 1. The molecule has 2 nitrogen and oxygen atoms in total. The summed E-state index contributed by atoms with van der Waals surface area (Å²) in [5.74, 6) is 0.289. The van der Waals surface area contributed by atoms with Crippen molar-refractivity contribution in [2.24, 2.45) is 5.73 Å². The number of halogens is 1. The monoisotopic (exact) mass is 229 g/mol. The molecule has 0 amide bonds. The normalized spacial score (nSPS) is 13.0. The second kappa shape index (κ2) is 3.46. The smallest absolute Gasteiger partial charge is 0.119 e. The largest absolute Gasteiger partial charge is 0.508 e. The van der Waals surface area contributed by atoms with E-state index < -0.39 is 0 Å². The van der Waals surface area contributed by atoms with Crippen LogP contribution in [0.5, 0.6) is 5.75 Å². The Hall–Kier alpha value is -0.540. The zero-order valence-corrected chi connectivity index (χ0v) is 8.72. The van der Waals surface area contributed by atoms with Gasteiger partial charge in [0.25, 0.3) is 0 Å².